The van der Waals surface area contributed by atoms with Gasteiger partial charge in [-0.3, -0.25) is 9.59 Å². The minimum absolute atomic E-state index is 0.0291. The average Bonchev–Trinajstić information content (AvgIpc) is 2.73. The van der Waals surface area contributed by atoms with Crippen LogP contribution in [0, 0.1) is 0 Å². The van der Waals surface area contributed by atoms with Gasteiger partial charge < -0.3 is 15.5 Å². The zero-order valence-corrected chi connectivity index (χ0v) is 15.7. The minimum Gasteiger partial charge on any atom is -0.365 e. The first-order valence-corrected chi connectivity index (χ1v) is 9.54. The molecule has 2 heterocycles. The lowest BCUT2D eigenvalue weighted by molar-refractivity contribution is 0.0724. The van der Waals surface area contributed by atoms with Gasteiger partial charge in [-0.05, 0) is 56.0 Å². The first-order chi connectivity index (χ1) is 13.2. The predicted octanol–water partition coefficient (Wildman–Crippen LogP) is 3.07. The van der Waals surface area contributed by atoms with Crippen molar-refractivity contribution in [2.24, 2.45) is 0 Å². The number of nitrogens with zero attached hydrogens (tertiary/aromatic N) is 2. The Kier molecular flexibility index (Phi) is 6.41. The summed E-state index contributed by atoms with van der Waals surface area (Å²) >= 11 is 0. The SMILES string of the molecule is CCNC(=O)c1cccc(CNc2ncccc2C(=O)N2CCCCC2)c1. The van der Waals surface area contributed by atoms with Crippen LogP contribution in [0.4, 0.5) is 5.82 Å². The van der Waals surface area contributed by atoms with Crippen molar-refractivity contribution in [3.8, 4) is 0 Å². The molecule has 0 spiro atoms. The van der Waals surface area contributed by atoms with Crippen molar-refractivity contribution in [1.82, 2.24) is 15.2 Å². The van der Waals surface area contributed by atoms with Crippen molar-refractivity contribution in [3.05, 3.63) is 59.3 Å². The fourth-order valence-corrected chi connectivity index (χ4v) is 3.26. The topological polar surface area (TPSA) is 74.3 Å². The van der Waals surface area contributed by atoms with Gasteiger partial charge in [0.2, 0.25) is 0 Å². The molecule has 2 N–H and O–H groups in total. The number of carbonyl (C=O) groups is 2. The maximum Gasteiger partial charge on any atom is 0.257 e. The second-order valence-corrected chi connectivity index (χ2v) is 6.67. The van der Waals surface area contributed by atoms with Crippen LogP contribution in [0.5, 0.6) is 0 Å². The number of rotatable bonds is 6. The summed E-state index contributed by atoms with van der Waals surface area (Å²) in [7, 11) is 0. The highest BCUT2D eigenvalue weighted by Gasteiger charge is 2.21. The molecule has 27 heavy (non-hydrogen) atoms. The van der Waals surface area contributed by atoms with Crippen molar-refractivity contribution in [2.75, 3.05) is 25.0 Å². The van der Waals surface area contributed by atoms with Gasteiger partial charge in [0.25, 0.3) is 11.8 Å². The molecule has 0 aliphatic carbocycles. The van der Waals surface area contributed by atoms with E-state index in [0.717, 1.165) is 31.5 Å². The third kappa shape index (κ3) is 4.84. The second-order valence-electron chi connectivity index (χ2n) is 6.67. The summed E-state index contributed by atoms with van der Waals surface area (Å²) in [5.74, 6) is 0.524. The quantitative estimate of drug-likeness (QED) is 0.824. The van der Waals surface area contributed by atoms with E-state index in [-0.39, 0.29) is 11.8 Å². The molecule has 2 amide bonds. The van der Waals surface area contributed by atoms with Crippen molar-refractivity contribution >= 4 is 17.6 Å². The molecule has 0 saturated carbocycles. The van der Waals surface area contributed by atoms with E-state index < -0.39 is 0 Å². The molecule has 0 unspecified atom stereocenters. The molecule has 6 heteroatoms. The van der Waals surface area contributed by atoms with E-state index in [1.165, 1.54) is 6.42 Å². The molecule has 0 bridgehead atoms. The number of pyridine rings is 1. The minimum atomic E-state index is -0.0850. The Labute approximate surface area is 160 Å². The molecule has 2 aromatic rings. The van der Waals surface area contributed by atoms with Crippen LogP contribution in [0.25, 0.3) is 0 Å². The average molecular weight is 366 g/mol. The number of carbonyl (C=O) groups excluding carboxylic acids is 2. The number of aromatic nitrogens is 1. The molecule has 1 fully saturated rings. The van der Waals surface area contributed by atoms with E-state index in [1.807, 2.05) is 36.1 Å². The van der Waals surface area contributed by atoms with Gasteiger partial charge in [-0.1, -0.05) is 12.1 Å². The Balaban J connectivity index is 1.71. The Bertz CT molecular complexity index is 800. The molecule has 142 valence electrons. The lowest BCUT2D eigenvalue weighted by Crippen LogP contribution is -2.36. The molecule has 1 aliphatic heterocycles. The number of nitrogens with one attached hydrogen (secondary N) is 2. The fourth-order valence-electron chi connectivity index (χ4n) is 3.26. The molecule has 3 rings (SSSR count). The maximum absolute atomic E-state index is 12.8. The summed E-state index contributed by atoms with van der Waals surface area (Å²) in [6.07, 6.45) is 4.98. The monoisotopic (exact) mass is 366 g/mol. The van der Waals surface area contributed by atoms with Crippen LogP contribution < -0.4 is 10.6 Å². The Morgan fingerprint density at radius 2 is 1.93 bits per heavy atom. The molecule has 1 aromatic heterocycles. The van der Waals surface area contributed by atoms with Crippen LogP contribution in [0.1, 0.15) is 52.5 Å². The Hall–Kier alpha value is -2.89. The fraction of sp³-hybridized carbons (Fsp3) is 0.381. The van der Waals surface area contributed by atoms with Gasteiger partial charge in [-0.25, -0.2) is 4.98 Å². The number of benzene rings is 1. The van der Waals surface area contributed by atoms with E-state index >= 15 is 0 Å². The van der Waals surface area contributed by atoms with Crippen LogP contribution in [0.15, 0.2) is 42.6 Å². The first-order valence-electron chi connectivity index (χ1n) is 9.54. The molecule has 1 aliphatic rings. The molecule has 1 aromatic carbocycles. The van der Waals surface area contributed by atoms with Crippen LogP contribution in [0.2, 0.25) is 0 Å². The number of anilines is 1. The summed E-state index contributed by atoms with van der Waals surface area (Å²) < 4.78 is 0. The van der Waals surface area contributed by atoms with Crippen LogP contribution in [0.3, 0.4) is 0 Å². The van der Waals surface area contributed by atoms with E-state index in [4.69, 9.17) is 0 Å². The van der Waals surface area contributed by atoms with Crippen molar-refractivity contribution in [1.29, 1.82) is 0 Å². The lowest BCUT2D eigenvalue weighted by Gasteiger charge is -2.27. The van der Waals surface area contributed by atoms with Gasteiger partial charge in [0, 0.05) is 37.9 Å². The number of hydrogen-bond acceptors (Lipinski definition) is 4. The second kappa shape index (κ2) is 9.16. The zero-order valence-electron chi connectivity index (χ0n) is 15.7. The number of likely N-dealkylation sites (tertiary alicyclic amines) is 1. The normalized spacial score (nSPS) is 13.9. The third-order valence-corrected chi connectivity index (χ3v) is 4.67. The van der Waals surface area contributed by atoms with Gasteiger partial charge in [0.15, 0.2) is 0 Å². The standard InChI is InChI=1S/C21H26N4O2/c1-2-22-20(26)17-9-6-8-16(14-17)15-24-19-18(10-7-11-23-19)21(27)25-12-4-3-5-13-25/h6-11,14H,2-5,12-13,15H2,1H3,(H,22,26)(H,23,24). The summed E-state index contributed by atoms with van der Waals surface area (Å²) in [5, 5.41) is 6.06. The highest BCUT2D eigenvalue weighted by molar-refractivity contribution is 5.98. The van der Waals surface area contributed by atoms with E-state index in [0.29, 0.717) is 30.0 Å². The van der Waals surface area contributed by atoms with E-state index in [1.54, 1.807) is 18.3 Å². The molecule has 1 saturated heterocycles. The van der Waals surface area contributed by atoms with Gasteiger partial charge in [0.05, 0.1) is 5.56 Å². The van der Waals surface area contributed by atoms with Crippen molar-refractivity contribution < 1.29 is 9.59 Å². The zero-order chi connectivity index (χ0) is 19.1. The van der Waals surface area contributed by atoms with Crippen LogP contribution in [-0.2, 0) is 6.54 Å². The van der Waals surface area contributed by atoms with Gasteiger partial charge >= 0.3 is 0 Å². The summed E-state index contributed by atoms with van der Waals surface area (Å²) in [6.45, 7) is 4.59. The molecular formula is C21H26N4O2. The summed E-state index contributed by atoms with van der Waals surface area (Å²) in [5.41, 5.74) is 2.18. The molecular weight excluding hydrogens is 340 g/mol. The lowest BCUT2D eigenvalue weighted by atomic mass is 10.1. The molecule has 0 radical (unpaired) electrons. The highest BCUT2D eigenvalue weighted by Crippen LogP contribution is 2.19. The Morgan fingerprint density at radius 1 is 1.11 bits per heavy atom. The number of hydrogen-bond donors (Lipinski definition) is 2. The smallest absolute Gasteiger partial charge is 0.257 e. The third-order valence-electron chi connectivity index (χ3n) is 4.67. The van der Waals surface area contributed by atoms with Crippen molar-refractivity contribution in [2.45, 2.75) is 32.7 Å². The largest absolute Gasteiger partial charge is 0.365 e. The maximum atomic E-state index is 12.8. The van der Waals surface area contributed by atoms with Crippen LogP contribution >= 0.6 is 0 Å². The van der Waals surface area contributed by atoms with Crippen LogP contribution in [-0.4, -0.2) is 41.3 Å². The molecule has 0 atom stereocenters. The molecule has 6 nitrogen and oxygen atoms in total. The summed E-state index contributed by atoms with van der Waals surface area (Å²) in [6, 6.07) is 11.1. The van der Waals surface area contributed by atoms with E-state index in [2.05, 4.69) is 15.6 Å². The number of piperidine rings is 1. The summed E-state index contributed by atoms with van der Waals surface area (Å²) in [4.78, 5) is 31.1. The van der Waals surface area contributed by atoms with Gasteiger partial charge in [-0.2, -0.15) is 0 Å². The van der Waals surface area contributed by atoms with Gasteiger partial charge in [0.1, 0.15) is 5.82 Å². The number of amides is 2. The van der Waals surface area contributed by atoms with Crippen molar-refractivity contribution in [3.63, 3.8) is 0 Å². The van der Waals surface area contributed by atoms with Gasteiger partial charge in [-0.15, -0.1) is 0 Å². The predicted molar refractivity (Wildman–Crippen MR) is 106 cm³/mol. The highest BCUT2D eigenvalue weighted by atomic mass is 16.2. The van der Waals surface area contributed by atoms with E-state index in [9.17, 15) is 9.59 Å². The Morgan fingerprint density at radius 3 is 2.70 bits per heavy atom. The first kappa shape index (κ1) is 18.9.